The Morgan fingerprint density at radius 3 is 2.33 bits per heavy atom. The second-order valence-electron chi connectivity index (χ2n) is 10.4. The van der Waals surface area contributed by atoms with Gasteiger partial charge in [-0.25, -0.2) is 23.6 Å². The zero-order valence-electron chi connectivity index (χ0n) is 22.7. The van der Waals surface area contributed by atoms with Gasteiger partial charge in [0.15, 0.2) is 5.75 Å². The number of rotatable bonds is 2. The lowest BCUT2D eigenvalue weighted by molar-refractivity contribution is -0.192. The first-order valence-corrected chi connectivity index (χ1v) is 13.2. The Hall–Kier alpha value is -5.21. The van der Waals surface area contributed by atoms with Crippen LogP contribution in [-0.2, 0) is 10.3 Å². The SMILES string of the molecule is NC1=NC2(c3cc(-c4cccnc4F)ccc3Oc3c2cc(N2CCC(F)(F)C2)nc3F)c2ccccc21.O=C(O)C(F)(F)F. The maximum absolute atomic E-state index is 15.6. The molecule has 3 N–H and O–H groups in total. The van der Waals surface area contributed by atoms with Gasteiger partial charge >= 0.3 is 12.1 Å². The van der Waals surface area contributed by atoms with E-state index in [2.05, 4.69) is 9.97 Å². The summed E-state index contributed by atoms with van der Waals surface area (Å²) in [5, 5.41) is 7.12. The number of ether oxygens (including phenoxy) is 1. The van der Waals surface area contributed by atoms with E-state index >= 15 is 4.39 Å². The lowest BCUT2D eigenvalue weighted by Crippen LogP contribution is -2.32. The number of alkyl halides is 5. The summed E-state index contributed by atoms with van der Waals surface area (Å²) in [7, 11) is 0. The van der Waals surface area contributed by atoms with Crippen molar-refractivity contribution in [3.05, 3.63) is 101 Å². The predicted molar refractivity (Wildman–Crippen MR) is 146 cm³/mol. The van der Waals surface area contributed by atoms with Crippen molar-refractivity contribution in [1.82, 2.24) is 9.97 Å². The van der Waals surface area contributed by atoms with Crippen LogP contribution in [0.2, 0.25) is 0 Å². The van der Waals surface area contributed by atoms with Crippen molar-refractivity contribution in [1.29, 1.82) is 0 Å². The maximum Gasteiger partial charge on any atom is 0.490 e. The van der Waals surface area contributed by atoms with E-state index in [0.29, 0.717) is 28.0 Å². The van der Waals surface area contributed by atoms with Crippen LogP contribution in [0.3, 0.4) is 0 Å². The average Bonchev–Trinajstić information content (AvgIpc) is 3.50. The fourth-order valence-corrected chi connectivity index (χ4v) is 5.61. The Bertz CT molecular complexity index is 1880. The molecule has 45 heavy (non-hydrogen) atoms. The summed E-state index contributed by atoms with van der Waals surface area (Å²) in [5.41, 5.74) is 7.88. The van der Waals surface area contributed by atoms with Gasteiger partial charge in [0.25, 0.3) is 11.9 Å². The molecule has 2 aromatic carbocycles. The van der Waals surface area contributed by atoms with Gasteiger partial charge in [0, 0.05) is 41.4 Å². The Morgan fingerprint density at radius 2 is 1.67 bits per heavy atom. The van der Waals surface area contributed by atoms with Crippen molar-refractivity contribution >= 4 is 17.6 Å². The van der Waals surface area contributed by atoms with E-state index in [1.807, 2.05) is 24.3 Å². The molecule has 4 aromatic rings. The quantitative estimate of drug-likeness (QED) is 0.206. The average molecular weight is 632 g/mol. The third-order valence-electron chi connectivity index (χ3n) is 7.58. The Labute approximate surface area is 249 Å². The number of benzene rings is 2. The highest BCUT2D eigenvalue weighted by Gasteiger charge is 2.51. The molecule has 3 aliphatic rings. The Balaban J connectivity index is 0.000000460. The van der Waals surface area contributed by atoms with Gasteiger partial charge in [-0.15, -0.1) is 0 Å². The molecule has 0 radical (unpaired) electrons. The van der Waals surface area contributed by atoms with Crippen LogP contribution in [0.4, 0.5) is 36.6 Å². The van der Waals surface area contributed by atoms with Crippen molar-refractivity contribution in [2.45, 2.75) is 24.1 Å². The van der Waals surface area contributed by atoms with Gasteiger partial charge in [0.2, 0.25) is 5.95 Å². The van der Waals surface area contributed by atoms with E-state index in [0.717, 1.165) is 0 Å². The zero-order valence-corrected chi connectivity index (χ0v) is 22.7. The minimum atomic E-state index is -5.08. The molecule has 7 rings (SSSR count). The molecule has 0 saturated carbocycles. The van der Waals surface area contributed by atoms with Crippen LogP contribution in [-0.4, -0.2) is 52.1 Å². The van der Waals surface area contributed by atoms with E-state index in [1.54, 1.807) is 36.4 Å². The number of anilines is 1. The molecule has 5 heterocycles. The molecular weight excluding hydrogens is 611 g/mol. The molecular formula is C30H20F7N5O3. The van der Waals surface area contributed by atoms with Gasteiger partial charge in [-0.2, -0.15) is 26.9 Å². The zero-order chi connectivity index (χ0) is 32.3. The van der Waals surface area contributed by atoms with E-state index < -0.39 is 42.0 Å². The summed E-state index contributed by atoms with van der Waals surface area (Å²) in [4.78, 5) is 22.8. The topological polar surface area (TPSA) is 114 Å². The van der Waals surface area contributed by atoms with Crippen LogP contribution in [0.15, 0.2) is 71.9 Å². The summed E-state index contributed by atoms with van der Waals surface area (Å²) in [6.45, 7) is -0.551. The normalized spacial score (nSPS) is 19.1. The number of amidine groups is 1. The van der Waals surface area contributed by atoms with E-state index in [9.17, 15) is 26.3 Å². The number of aliphatic imine (C=N–C) groups is 1. The van der Waals surface area contributed by atoms with Crippen LogP contribution in [0, 0.1) is 11.9 Å². The molecule has 0 bridgehead atoms. The summed E-state index contributed by atoms with van der Waals surface area (Å²) in [5.74, 6) is -6.85. The van der Waals surface area contributed by atoms with Crippen LogP contribution in [0.25, 0.3) is 11.1 Å². The number of pyridine rings is 2. The molecule has 1 saturated heterocycles. The van der Waals surface area contributed by atoms with Crippen LogP contribution in [0.5, 0.6) is 11.5 Å². The maximum atomic E-state index is 15.6. The summed E-state index contributed by atoms with van der Waals surface area (Å²) in [6.07, 6.45) is -4.08. The summed E-state index contributed by atoms with van der Waals surface area (Å²) >= 11 is 0. The first kappa shape index (κ1) is 29.8. The summed E-state index contributed by atoms with van der Waals surface area (Å²) in [6, 6.07) is 17.0. The molecule has 1 atom stereocenters. The Morgan fingerprint density at radius 1 is 0.956 bits per heavy atom. The van der Waals surface area contributed by atoms with Crippen molar-refractivity contribution in [3.8, 4) is 22.6 Å². The lowest BCUT2D eigenvalue weighted by atomic mass is 9.75. The number of nitrogens with two attached hydrogens (primary N) is 1. The lowest BCUT2D eigenvalue weighted by Gasteiger charge is -2.36. The molecule has 2 aromatic heterocycles. The van der Waals surface area contributed by atoms with Gasteiger partial charge in [-0.3, -0.25) is 0 Å². The molecule has 232 valence electrons. The van der Waals surface area contributed by atoms with Gasteiger partial charge < -0.3 is 20.5 Å². The number of hydrogen-bond acceptors (Lipinski definition) is 7. The van der Waals surface area contributed by atoms with Crippen molar-refractivity contribution < 1.29 is 45.4 Å². The highest BCUT2D eigenvalue weighted by atomic mass is 19.4. The van der Waals surface area contributed by atoms with Gasteiger partial charge in [0.05, 0.1) is 6.54 Å². The highest BCUT2D eigenvalue weighted by molar-refractivity contribution is 6.03. The number of carboxylic acid groups (broad SMARTS) is 1. The van der Waals surface area contributed by atoms with Crippen molar-refractivity contribution in [2.24, 2.45) is 10.7 Å². The standard InChI is InChI=1S/C28H19F4N5O.C2HF3O2/c29-24-16(5-3-10-34-24)15-7-8-21-19(12-15)28(18-6-2-1-4-17(18)26(33)36-28)20-13-22(35-25(30)23(20)38-21)37-11-9-27(31,32)14-37;3-2(4,5)1(6)7/h1-8,10,12-13H,9,11,14H2,(H2,33,36);(H,6,7). The third-order valence-corrected chi connectivity index (χ3v) is 7.58. The fourth-order valence-electron chi connectivity index (χ4n) is 5.61. The van der Waals surface area contributed by atoms with Gasteiger partial charge in [-0.1, -0.05) is 30.3 Å². The number of fused-ring (bicyclic) bond motifs is 6. The first-order chi connectivity index (χ1) is 21.2. The third kappa shape index (κ3) is 5.07. The number of aliphatic carboxylic acids is 1. The molecule has 3 aliphatic heterocycles. The molecule has 0 amide bonds. The monoisotopic (exact) mass is 631 g/mol. The van der Waals surface area contributed by atoms with E-state index in [4.69, 9.17) is 25.4 Å². The fraction of sp³-hybridized carbons (Fsp3) is 0.200. The molecule has 15 heteroatoms. The molecule has 8 nitrogen and oxygen atoms in total. The molecule has 1 spiro atoms. The van der Waals surface area contributed by atoms with Gasteiger partial charge in [-0.05, 0) is 41.5 Å². The summed E-state index contributed by atoms with van der Waals surface area (Å²) < 4.78 is 96.0. The highest BCUT2D eigenvalue weighted by Crippen LogP contribution is 2.57. The van der Waals surface area contributed by atoms with Crippen molar-refractivity contribution in [2.75, 3.05) is 18.0 Å². The van der Waals surface area contributed by atoms with Crippen molar-refractivity contribution in [3.63, 3.8) is 0 Å². The minimum absolute atomic E-state index is 0.0229. The number of nitrogens with zero attached hydrogens (tertiary/aromatic N) is 4. The van der Waals surface area contributed by atoms with Crippen LogP contribution < -0.4 is 15.4 Å². The Kier molecular flexibility index (Phi) is 6.93. The van der Waals surface area contributed by atoms with E-state index in [1.165, 1.54) is 11.1 Å². The molecule has 1 fully saturated rings. The number of carbonyl (C=O) groups is 1. The smallest absolute Gasteiger partial charge is 0.475 e. The number of hydrogen-bond donors (Lipinski definition) is 2. The number of carboxylic acids is 1. The molecule has 1 unspecified atom stereocenters. The largest absolute Gasteiger partial charge is 0.490 e. The van der Waals surface area contributed by atoms with Crippen LogP contribution in [0.1, 0.15) is 28.7 Å². The number of halogens is 7. The molecule has 0 aliphatic carbocycles. The van der Waals surface area contributed by atoms with Crippen LogP contribution >= 0.6 is 0 Å². The van der Waals surface area contributed by atoms with Gasteiger partial charge in [0.1, 0.15) is 22.9 Å². The van der Waals surface area contributed by atoms with E-state index in [-0.39, 0.29) is 41.5 Å². The first-order valence-electron chi connectivity index (χ1n) is 13.2. The second kappa shape index (κ2) is 10.5. The minimum Gasteiger partial charge on any atom is -0.475 e. The second-order valence-corrected chi connectivity index (χ2v) is 10.4. The predicted octanol–water partition coefficient (Wildman–Crippen LogP) is 6.02. The number of aromatic nitrogens is 2.